The first kappa shape index (κ1) is 15.6. The van der Waals surface area contributed by atoms with Crippen LogP contribution in [-0.4, -0.2) is 20.9 Å². The number of carbonyl (C=O) groups is 1. The molecule has 2 aromatic carbocycles. The highest BCUT2D eigenvalue weighted by Gasteiger charge is 2.29. The lowest BCUT2D eigenvalue weighted by Gasteiger charge is -2.30. The predicted octanol–water partition coefficient (Wildman–Crippen LogP) is 2.79. The standard InChI is InChI=1S/C17H18N2O3S/c1-13(20)18-15-9-10-17-14(12-15)6-5-11-19(17)23(21,22)16-7-3-2-4-8-16/h2-4,7-10,12H,5-6,11H2,1H3,(H,18,20). The van der Waals surface area contributed by atoms with Crippen molar-refractivity contribution in [1.29, 1.82) is 0 Å². The molecule has 3 rings (SSSR count). The van der Waals surface area contributed by atoms with Crippen molar-refractivity contribution in [2.24, 2.45) is 0 Å². The molecule has 0 fully saturated rings. The van der Waals surface area contributed by atoms with Crippen LogP contribution in [-0.2, 0) is 21.2 Å². The lowest BCUT2D eigenvalue weighted by atomic mass is 10.0. The molecule has 0 aliphatic carbocycles. The number of amides is 1. The molecule has 0 atom stereocenters. The number of anilines is 2. The molecule has 1 aliphatic heterocycles. The summed E-state index contributed by atoms with van der Waals surface area (Å²) in [7, 11) is -3.57. The number of aryl methyl sites for hydroxylation is 1. The van der Waals surface area contributed by atoms with Gasteiger partial charge in [0.2, 0.25) is 5.91 Å². The van der Waals surface area contributed by atoms with E-state index in [0.717, 1.165) is 18.4 Å². The van der Waals surface area contributed by atoms with Gasteiger partial charge in [0.15, 0.2) is 0 Å². The summed E-state index contributed by atoms with van der Waals surface area (Å²) in [6.45, 7) is 1.91. The van der Waals surface area contributed by atoms with E-state index in [1.54, 1.807) is 42.5 Å². The molecule has 1 amide bonds. The molecule has 0 radical (unpaired) electrons. The zero-order valence-corrected chi connectivity index (χ0v) is 13.6. The number of nitrogens with zero attached hydrogens (tertiary/aromatic N) is 1. The summed E-state index contributed by atoms with van der Waals surface area (Å²) in [5.41, 5.74) is 2.31. The Morgan fingerprint density at radius 3 is 2.57 bits per heavy atom. The van der Waals surface area contributed by atoms with E-state index in [0.29, 0.717) is 22.8 Å². The Labute approximate surface area is 136 Å². The van der Waals surface area contributed by atoms with Gasteiger partial charge in [0, 0.05) is 19.2 Å². The van der Waals surface area contributed by atoms with E-state index >= 15 is 0 Å². The van der Waals surface area contributed by atoms with E-state index < -0.39 is 10.0 Å². The number of hydrogen-bond donors (Lipinski definition) is 1. The van der Waals surface area contributed by atoms with Crippen LogP contribution in [0.4, 0.5) is 11.4 Å². The Kier molecular flexibility index (Phi) is 4.09. The van der Waals surface area contributed by atoms with Crippen LogP contribution in [0.1, 0.15) is 18.9 Å². The van der Waals surface area contributed by atoms with Crippen LogP contribution in [0.3, 0.4) is 0 Å². The van der Waals surface area contributed by atoms with Crippen LogP contribution in [0.5, 0.6) is 0 Å². The Morgan fingerprint density at radius 1 is 1.13 bits per heavy atom. The van der Waals surface area contributed by atoms with Crippen molar-refractivity contribution in [1.82, 2.24) is 0 Å². The first-order valence-corrected chi connectivity index (χ1v) is 8.91. The van der Waals surface area contributed by atoms with Gasteiger partial charge in [0.05, 0.1) is 10.6 Å². The second kappa shape index (κ2) is 6.04. The number of fused-ring (bicyclic) bond motifs is 1. The molecule has 120 valence electrons. The van der Waals surface area contributed by atoms with Crippen molar-refractivity contribution in [2.45, 2.75) is 24.7 Å². The van der Waals surface area contributed by atoms with Gasteiger partial charge < -0.3 is 5.32 Å². The molecular formula is C17H18N2O3S. The van der Waals surface area contributed by atoms with Gasteiger partial charge in [-0.15, -0.1) is 0 Å². The molecule has 0 saturated heterocycles. The molecule has 0 saturated carbocycles. The maximum Gasteiger partial charge on any atom is 0.264 e. The molecule has 1 heterocycles. The van der Waals surface area contributed by atoms with Crippen molar-refractivity contribution >= 4 is 27.3 Å². The second-order valence-electron chi connectivity index (χ2n) is 5.52. The van der Waals surface area contributed by atoms with E-state index in [-0.39, 0.29) is 5.91 Å². The summed E-state index contributed by atoms with van der Waals surface area (Å²) in [6, 6.07) is 13.8. The highest BCUT2D eigenvalue weighted by atomic mass is 32.2. The lowest BCUT2D eigenvalue weighted by Crippen LogP contribution is -2.35. The predicted molar refractivity (Wildman–Crippen MR) is 90.0 cm³/mol. The fraction of sp³-hybridized carbons (Fsp3) is 0.235. The second-order valence-corrected chi connectivity index (χ2v) is 7.38. The Bertz CT molecular complexity index is 832. The molecule has 23 heavy (non-hydrogen) atoms. The molecular weight excluding hydrogens is 312 g/mol. The highest BCUT2D eigenvalue weighted by molar-refractivity contribution is 7.92. The zero-order chi connectivity index (χ0) is 16.4. The maximum absolute atomic E-state index is 12.9. The zero-order valence-electron chi connectivity index (χ0n) is 12.8. The van der Waals surface area contributed by atoms with Gasteiger partial charge in [-0.25, -0.2) is 8.42 Å². The SMILES string of the molecule is CC(=O)Nc1ccc2c(c1)CCCN2S(=O)(=O)c1ccccc1. The summed E-state index contributed by atoms with van der Waals surface area (Å²) < 4.78 is 27.2. The molecule has 0 bridgehead atoms. The van der Waals surface area contributed by atoms with Crippen molar-refractivity contribution in [3.05, 3.63) is 54.1 Å². The molecule has 5 nitrogen and oxygen atoms in total. The van der Waals surface area contributed by atoms with Gasteiger partial charge in [-0.1, -0.05) is 18.2 Å². The summed E-state index contributed by atoms with van der Waals surface area (Å²) in [6.07, 6.45) is 1.55. The number of sulfonamides is 1. The van der Waals surface area contributed by atoms with Crippen LogP contribution in [0.2, 0.25) is 0 Å². The molecule has 6 heteroatoms. The quantitative estimate of drug-likeness (QED) is 0.941. The Balaban J connectivity index is 2.00. The van der Waals surface area contributed by atoms with E-state index in [9.17, 15) is 13.2 Å². The number of carbonyl (C=O) groups excluding carboxylic acids is 1. The summed E-state index contributed by atoms with van der Waals surface area (Å²) in [4.78, 5) is 11.5. The molecule has 2 aromatic rings. The van der Waals surface area contributed by atoms with Crippen LogP contribution >= 0.6 is 0 Å². The van der Waals surface area contributed by atoms with Gasteiger partial charge in [0.1, 0.15) is 0 Å². The van der Waals surface area contributed by atoms with Gasteiger partial charge in [-0.2, -0.15) is 0 Å². The molecule has 1 aliphatic rings. The molecule has 0 aromatic heterocycles. The fourth-order valence-corrected chi connectivity index (χ4v) is 4.38. The van der Waals surface area contributed by atoms with Crippen LogP contribution in [0.15, 0.2) is 53.4 Å². The van der Waals surface area contributed by atoms with E-state index in [2.05, 4.69) is 5.32 Å². The van der Waals surface area contributed by atoms with Crippen LogP contribution in [0.25, 0.3) is 0 Å². The third-order valence-corrected chi connectivity index (χ3v) is 5.63. The van der Waals surface area contributed by atoms with Crippen molar-refractivity contribution in [2.75, 3.05) is 16.2 Å². The monoisotopic (exact) mass is 330 g/mol. The smallest absolute Gasteiger partial charge is 0.264 e. The summed E-state index contributed by atoms with van der Waals surface area (Å²) in [5.74, 6) is -0.144. The molecule has 1 N–H and O–H groups in total. The van der Waals surface area contributed by atoms with Crippen molar-refractivity contribution < 1.29 is 13.2 Å². The summed E-state index contributed by atoms with van der Waals surface area (Å²) >= 11 is 0. The minimum Gasteiger partial charge on any atom is -0.326 e. The van der Waals surface area contributed by atoms with Gasteiger partial charge >= 0.3 is 0 Å². The number of hydrogen-bond acceptors (Lipinski definition) is 3. The Morgan fingerprint density at radius 2 is 1.87 bits per heavy atom. The highest BCUT2D eigenvalue weighted by Crippen LogP contribution is 2.33. The van der Waals surface area contributed by atoms with Crippen molar-refractivity contribution in [3.63, 3.8) is 0 Å². The molecule has 0 spiro atoms. The lowest BCUT2D eigenvalue weighted by molar-refractivity contribution is -0.114. The minimum absolute atomic E-state index is 0.144. The average molecular weight is 330 g/mol. The summed E-state index contributed by atoms with van der Waals surface area (Å²) in [5, 5.41) is 2.73. The number of nitrogens with one attached hydrogen (secondary N) is 1. The van der Waals surface area contributed by atoms with E-state index in [4.69, 9.17) is 0 Å². The fourth-order valence-electron chi connectivity index (χ4n) is 2.81. The number of benzene rings is 2. The molecule has 0 unspecified atom stereocenters. The first-order valence-electron chi connectivity index (χ1n) is 7.47. The maximum atomic E-state index is 12.9. The largest absolute Gasteiger partial charge is 0.326 e. The van der Waals surface area contributed by atoms with Crippen LogP contribution < -0.4 is 9.62 Å². The number of rotatable bonds is 3. The average Bonchev–Trinajstić information content (AvgIpc) is 2.54. The van der Waals surface area contributed by atoms with E-state index in [1.807, 2.05) is 6.07 Å². The van der Waals surface area contributed by atoms with Gasteiger partial charge in [0.25, 0.3) is 10.0 Å². The normalized spacial score (nSPS) is 14.2. The van der Waals surface area contributed by atoms with Gasteiger partial charge in [-0.05, 0) is 48.7 Å². The third-order valence-electron chi connectivity index (χ3n) is 3.81. The van der Waals surface area contributed by atoms with Gasteiger partial charge in [-0.3, -0.25) is 9.10 Å². The van der Waals surface area contributed by atoms with E-state index in [1.165, 1.54) is 11.2 Å². The first-order chi connectivity index (χ1) is 11.0. The van der Waals surface area contributed by atoms with Crippen molar-refractivity contribution in [3.8, 4) is 0 Å². The van der Waals surface area contributed by atoms with Crippen LogP contribution in [0, 0.1) is 0 Å². The third kappa shape index (κ3) is 3.07. The minimum atomic E-state index is -3.57. The topological polar surface area (TPSA) is 66.5 Å². The Hall–Kier alpha value is -2.34.